The largest absolute Gasteiger partial charge is 0.0851 e. The van der Waals surface area contributed by atoms with Crippen molar-refractivity contribution in [1.29, 1.82) is 0 Å². The second-order valence-corrected chi connectivity index (χ2v) is 3.78. The van der Waals surface area contributed by atoms with Crippen LogP contribution >= 0.6 is 0 Å². The maximum Gasteiger partial charge on any atom is -0.0166 e. The molecule has 0 aromatic carbocycles. The first-order chi connectivity index (χ1) is 5.20. The molecule has 0 saturated heterocycles. The van der Waals surface area contributed by atoms with Gasteiger partial charge in [-0.05, 0) is 24.7 Å². The molecule has 0 heterocycles. The summed E-state index contributed by atoms with van der Waals surface area (Å²) in [6, 6.07) is 0. The zero-order valence-corrected chi connectivity index (χ0v) is 7.80. The molecule has 0 aromatic heterocycles. The van der Waals surface area contributed by atoms with Crippen molar-refractivity contribution in [2.75, 3.05) is 0 Å². The third-order valence-electron chi connectivity index (χ3n) is 2.28. The SMILES string of the molecule is CC1C=CCC=C(C(C)C)C1. The predicted molar refractivity (Wildman–Crippen MR) is 50.5 cm³/mol. The first-order valence-corrected chi connectivity index (χ1v) is 4.55. The minimum Gasteiger partial charge on any atom is -0.0851 e. The van der Waals surface area contributed by atoms with Crippen molar-refractivity contribution >= 4 is 0 Å². The van der Waals surface area contributed by atoms with Crippen LogP contribution in [0.2, 0.25) is 0 Å². The summed E-state index contributed by atoms with van der Waals surface area (Å²) in [6.07, 6.45) is 9.38. The van der Waals surface area contributed by atoms with Crippen LogP contribution in [-0.2, 0) is 0 Å². The lowest BCUT2D eigenvalue weighted by atomic mass is 9.94. The summed E-state index contributed by atoms with van der Waals surface area (Å²) in [5, 5.41) is 0. The average Bonchev–Trinajstić information content (AvgIpc) is 2.13. The van der Waals surface area contributed by atoms with E-state index in [9.17, 15) is 0 Å². The van der Waals surface area contributed by atoms with Crippen molar-refractivity contribution in [1.82, 2.24) is 0 Å². The maximum absolute atomic E-state index is 2.38. The lowest BCUT2D eigenvalue weighted by Crippen LogP contribution is -1.98. The molecule has 0 radical (unpaired) electrons. The maximum atomic E-state index is 2.38. The fourth-order valence-electron chi connectivity index (χ4n) is 1.52. The molecule has 0 bridgehead atoms. The Morgan fingerprint density at radius 2 is 2.18 bits per heavy atom. The summed E-state index contributed by atoms with van der Waals surface area (Å²) >= 11 is 0. The first kappa shape index (κ1) is 8.58. The van der Waals surface area contributed by atoms with E-state index in [-0.39, 0.29) is 0 Å². The highest BCUT2D eigenvalue weighted by Crippen LogP contribution is 2.23. The Morgan fingerprint density at radius 3 is 2.82 bits per heavy atom. The molecule has 1 unspecified atom stereocenters. The van der Waals surface area contributed by atoms with Gasteiger partial charge in [0.1, 0.15) is 0 Å². The Balaban J connectivity index is 2.62. The normalized spacial score (nSPS) is 25.1. The first-order valence-electron chi connectivity index (χ1n) is 4.55. The van der Waals surface area contributed by atoms with Gasteiger partial charge in [-0.2, -0.15) is 0 Å². The summed E-state index contributed by atoms with van der Waals surface area (Å²) in [7, 11) is 0. The quantitative estimate of drug-likeness (QED) is 0.501. The standard InChI is InChI=1S/C11H18/c1-9(2)11-7-5-4-6-10(3)8-11/h4,6-7,9-10H,5,8H2,1-3H3. The number of rotatable bonds is 1. The molecular formula is C11H18. The van der Waals surface area contributed by atoms with Crippen molar-refractivity contribution in [2.45, 2.75) is 33.6 Å². The predicted octanol–water partition coefficient (Wildman–Crippen LogP) is 3.55. The molecule has 1 rings (SSSR count). The molecule has 0 heteroatoms. The van der Waals surface area contributed by atoms with E-state index in [1.807, 2.05) is 0 Å². The Labute approximate surface area is 70.0 Å². The van der Waals surface area contributed by atoms with Gasteiger partial charge in [0.2, 0.25) is 0 Å². The molecule has 0 nitrogen and oxygen atoms in total. The molecule has 0 N–H and O–H groups in total. The van der Waals surface area contributed by atoms with Crippen LogP contribution < -0.4 is 0 Å². The molecule has 0 saturated carbocycles. The van der Waals surface area contributed by atoms with Gasteiger partial charge in [-0.3, -0.25) is 0 Å². The molecule has 0 aromatic rings. The molecular weight excluding hydrogens is 132 g/mol. The van der Waals surface area contributed by atoms with E-state index >= 15 is 0 Å². The van der Waals surface area contributed by atoms with E-state index < -0.39 is 0 Å². The van der Waals surface area contributed by atoms with Gasteiger partial charge in [-0.15, -0.1) is 0 Å². The van der Waals surface area contributed by atoms with Gasteiger partial charge in [0.05, 0.1) is 0 Å². The molecule has 0 aliphatic heterocycles. The van der Waals surface area contributed by atoms with Gasteiger partial charge < -0.3 is 0 Å². The summed E-state index contributed by atoms with van der Waals surface area (Å²) in [5.74, 6) is 1.48. The lowest BCUT2D eigenvalue weighted by molar-refractivity contribution is 0.634. The van der Waals surface area contributed by atoms with E-state index in [0.29, 0.717) is 0 Å². The van der Waals surface area contributed by atoms with Gasteiger partial charge in [0.25, 0.3) is 0 Å². The number of hydrogen-bond acceptors (Lipinski definition) is 0. The van der Waals surface area contributed by atoms with Crippen LogP contribution in [0.15, 0.2) is 23.8 Å². The van der Waals surface area contributed by atoms with Gasteiger partial charge in [-0.1, -0.05) is 44.6 Å². The van der Waals surface area contributed by atoms with E-state index in [4.69, 9.17) is 0 Å². The Hall–Kier alpha value is -0.520. The fourth-order valence-corrected chi connectivity index (χ4v) is 1.52. The van der Waals surface area contributed by atoms with Crippen LogP contribution in [0.25, 0.3) is 0 Å². The van der Waals surface area contributed by atoms with Crippen LogP contribution in [0.5, 0.6) is 0 Å². The van der Waals surface area contributed by atoms with Crippen LogP contribution in [0, 0.1) is 11.8 Å². The van der Waals surface area contributed by atoms with E-state index in [1.54, 1.807) is 5.57 Å². The second kappa shape index (κ2) is 3.75. The van der Waals surface area contributed by atoms with Gasteiger partial charge >= 0.3 is 0 Å². The molecule has 62 valence electrons. The average molecular weight is 150 g/mol. The topological polar surface area (TPSA) is 0 Å². The van der Waals surface area contributed by atoms with Crippen LogP contribution in [0.1, 0.15) is 33.6 Å². The van der Waals surface area contributed by atoms with Gasteiger partial charge in [-0.25, -0.2) is 0 Å². The van der Waals surface area contributed by atoms with Crippen molar-refractivity contribution in [3.8, 4) is 0 Å². The van der Waals surface area contributed by atoms with E-state index in [0.717, 1.165) is 18.3 Å². The van der Waals surface area contributed by atoms with Crippen molar-refractivity contribution in [3.05, 3.63) is 23.8 Å². The highest BCUT2D eigenvalue weighted by atomic mass is 14.1. The van der Waals surface area contributed by atoms with Crippen molar-refractivity contribution < 1.29 is 0 Å². The second-order valence-electron chi connectivity index (χ2n) is 3.78. The zero-order chi connectivity index (χ0) is 8.27. The highest BCUT2D eigenvalue weighted by molar-refractivity contribution is 5.13. The number of allylic oxidation sites excluding steroid dienone is 4. The summed E-state index contributed by atoms with van der Waals surface area (Å²) < 4.78 is 0. The summed E-state index contributed by atoms with van der Waals surface area (Å²) in [6.45, 7) is 6.85. The molecule has 1 atom stereocenters. The molecule has 0 spiro atoms. The van der Waals surface area contributed by atoms with Crippen LogP contribution in [0.3, 0.4) is 0 Å². The molecule has 0 fully saturated rings. The zero-order valence-electron chi connectivity index (χ0n) is 7.80. The molecule has 1 aliphatic rings. The third-order valence-corrected chi connectivity index (χ3v) is 2.28. The molecule has 1 aliphatic carbocycles. The Morgan fingerprint density at radius 1 is 1.45 bits per heavy atom. The minimum atomic E-state index is 0.734. The van der Waals surface area contributed by atoms with E-state index in [2.05, 4.69) is 39.0 Å². The number of hydrogen-bond donors (Lipinski definition) is 0. The minimum absolute atomic E-state index is 0.734. The third kappa shape index (κ3) is 2.53. The molecule has 11 heavy (non-hydrogen) atoms. The van der Waals surface area contributed by atoms with Crippen molar-refractivity contribution in [3.63, 3.8) is 0 Å². The van der Waals surface area contributed by atoms with Crippen LogP contribution in [-0.4, -0.2) is 0 Å². The monoisotopic (exact) mass is 150 g/mol. The van der Waals surface area contributed by atoms with Crippen molar-refractivity contribution in [2.24, 2.45) is 11.8 Å². The molecule has 0 amide bonds. The summed E-state index contributed by atoms with van der Waals surface area (Å²) in [4.78, 5) is 0. The summed E-state index contributed by atoms with van der Waals surface area (Å²) in [5.41, 5.74) is 1.63. The lowest BCUT2D eigenvalue weighted by Gasteiger charge is -2.12. The Kier molecular flexibility index (Phi) is 2.92. The smallest absolute Gasteiger partial charge is 0.0166 e. The van der Waals surface area contributed by atoms with Gasteiger partial charge in [0.15, 0.2) is 0 Å². The van der Waals surface area contributed by atoms with Crippen LogP contribution in [0.4, 0.5) is 0 Å². The van der Waals surface area contributed by atoms with E-state index in [1.165, 1.54) is 6.42 Å². The Bertz CT molecular complexity index is 172. The van der Waals surface area contributed by atoms with Gasteiger partial charge in [0, 0.05) is 0 Å². The highest BCUT2D eigenvalue weighted by Gasteiger charge is 2.08. The fraction of sp³-hybridized carbons (Fsp3) is 0.636.